The van der Waals surface area contributed by atoms with Crippen LogP contribution < -0.4 is 11.3 Å². The van der Waals surface area contributed by atoms with Gasteiger partial charge in [0.05, 0.1) is 6.61 Å². The SMILES string of the molecule is Nc1nc2nc(C3O[C@H](CO)[C@@H](O)[C@@H]3O)[nH]c2c(=O)[nH]1. The highest BCUT2D eigenvalue weighted by molar-refractivity contribution is 5.70. The molecule has 10 nitrogen and oxygen atoms in total. The average Bonchev–Trinajstić information content (AvgIpc) is 2.93. The maximum Gasteiger partial charge on any atom is 0.278 e. The number of anilines is 1. The van der Waals surface area contributed by atoms with E-state index in [1.54, 1.807) is 0 Å². The van der Waals surface area contributed by atoms with Crippen LogP contribution in [-0.4, -0.2) is 60.2 Å². The minimum Gasteiger partial charge on any atom is -0.394 e. The number of nitrogen functional groups attached to an aromatic ring is 1. The van der Waals surface area contributed by atoms with Crippen LogP contribution in [0.5, 0.6) is 0 Å². The standard InChI is InChI=1S/C10H13N5O5/c11-10-14-7-3(9(19)15-10)12-8(13-7)6-5(18)4(17)2(1-16)20-6/h2,4-6,16-18H,1H2,(H4,11,12,13,14,15,19)/t2-,4-,5+,6?/m1/s1. The van der Waals surface area contributed by atoms with Crippen molar-refractivity contribution in [2.75, 3.05) is 12.3 Å². The van der Waals surface area contributed by atoms with Gasteiger partial charge in [0, 0.05) is 0 Å². The maximum atomic E-state index is 11.7. The van der Waals surface area contributed by atoms with E-state index in [1.165, 1.54) is 0 Å². The number of nitrogens with one attached hydrogen (secondary N) is 2. The third kappa shape index (κ3) is 1.86. The van der Waals surface area contributed by atoms with E-state index in [1.807, 2.05) is 0 Å². The Kier molecular flexibility index (Phi) is 2.94. The fourth-order valence-electron chi connectivity index (χ4n) is 2.20. The molecule has 0 amide bonds. The van der Waals surface area contributed by atoms with E-state index >= 15 is 0 Å². The second kappa shape index (κ2) is 4.52. The Hall–Kier alpha value is -2.01. The van der Waals surface area contributed by atoms with Crippen molar-refractivity contribution < 1.29 is 20.1 Å². The van der Waals surface area contributed by atoms with Crippen LogP contribution in [0.15, 0.2) is 4.79 Å². The first-order valence-corrected chi connectivity index (χ1v) is 5.89. The smallest absolute Gasteiger partial charge is 0.278 e. The van der Waals surface area contributed by atoms with E-state index in [9.17, 15) is 15.0 Å². The van der Waals surface area contributed by atoms with E-state index in [2.05, 4.69) is 19.9 Å². The minimum atomic E-state index is -1.27. The Labute approximate surface area is 111 Å². The molecule has 1 saturated heterocycles. The molecule has 10 heteroatoms. The molecule has 4 atom stereocenters. The van der Waals surface area contributed by atoms with E-state index < -0.39 is 36.6 Å². The van der Waals surface area contributed by atoms with Crippen LogP contribution in [0.1, 0.15) is 11.9 Å². The lowest BCUT2D eigenvalue weighted by molar-refractivity contribution is -0.0249. The summed E-state index contributed by atoms with van der Waals surface area (Å²) in [5, 5.41) is 28.6. The highest BCUT2D eigenvalue weighted by Gasteiger charge is 2.44. The van der Waals surface area contributed by atoms with Gasteiger partial charge in [-0.3, -0.25) is 9.78 Å². The number of nitrogens with two attached hydrogens (primary N) is 1. The molecule has 20 heavy (non-hydrogen) atoms. The van der Waals surface area contributed by atoms with Gasteiger partial charge in [-0.1, -0.05) is 0 Å². The maximum absolute atomic E-state index is 11.7. The number of ether oxygens (including phenoxy) is 1. The third-order valence-electron chi connectivity index (χ3n) is 3.21. The summed E-state index contributed by atoms with van der Waals surface area (Å²) in [4.78, 5) is 24.5. The highest BCUT2D eigenvalue weighted by atomic mass is 16.6. The molecule has 1 aliphatic heterocycles. The van der Waals surface area contributed by atoms with Gasteiger partial charge in [0.25, 0.3) is 5.56 Å². The van der Waals surface area contributed by atoms with Crippen LogP contribution in [0.4, 0.5) is 5.95 Å². The van der Waals surface area contributed by atoms with Crippen molar-refractivity contribution in [3.63, 3.8) is 0 Å². The van der Waals surface area contributed by atoms with Gasteiger partial charge in [-0.25, -0.2) is 4.98 Å². The second-order valence-corrected chi connectivity index (χ2v) is 4.53. The molecule has 3 rings (SSSR count). The average molecular weight is 283 g/mol. The summed E-state index contributed by atoms with van der Waals surface area (Å²) in [5.41, 5.74) is 5.08. The van der Waals surface area contributed by atoms with E-state index in [0.717, 1.165) is 0 Å². The molecule has 0 saturated carbocycles. The van der Waals surface area contributed by atoms with Gasteiger partial charge in [0.1, 0.15) is 30.2 Å². The summed E-state index contributed by atoms with van der Waals surface area (Å²) in [6.45, 7) is -0.444. The van der Waals surface area contributed by atoms with Gasteiger partial charge < -0.3 is 30.8 Å². The Bertz CT molecular complexity index is 697. The zero-order valence-electron chi connectivity index (χ0n) is 10.1. The number of aromatic nitrogens is 4. The van der Waals surface area contributed by atoms with Gasteiger partial charge in [0.2, 0.25) is 5.95 Å². The predicted molar refractivity (Wildman–Crippen MR) is 65.6 cm³/mol. The van der Waals surface area contributed by atoms with Gasteiger partial charge in [-0.2, -0.15) is 4.98 Å². The zero-order valence-corrected chi connectivity index (χ0v) is 10.1. The summed E-state index contributed by atoms with van der Waals surface area (Å²) in [6, 6.07) is 0. The summed E-state index contributed by atoms with van der Waals surface area (Å²) >= 11 is 0. The summed E-state index contributed by atoms with van der Waals surface area (Å²) in [7, 11) is 0. The first-order chi connectivity index (χ1) is 9.51. The van der Waals surface area contributed by atoms with E-state index in [4.69, 9.17) is 15.6 Å². The number of H-pyrrole nitrogens is 2. The number of imidazole rings is 1. The molecule has 108 valence electrons. The first kappa shape index (κ1) is 13.0. The topological polar surface area (TPSA) is 170 Å². The number of rotatable bonds is 2. The van der Waals surface area contributed by atoms with Crippen LogP contribution in [-0.2, 0) is 4.74 Å². The molecule has 1 aliphatic rings. The molecule has 1 unspecified atom stereocenters. The van der Waals surface area contributed by atoms with Crippen LogP contribution in [0, 0.1) is 0 Å². The third-order valence-corrected chi connectivity index (χ3v) is 3.21. The summed E-state index contributed by atoms with van der Waals surface area (Å²) < 4.78 is 5.31. The Morgan fingerprint density at radius 1 is 1.25 bits per heavy atom. The van der Waals surface area contributed by atoms with Crippen molar-refractivity contribution in [1.29, 1.82) is 0 Å². The molecule has 0 bridgehead atoms. The van der Waals surface area contributed by atoms with Gasteiger partial charge in [0.15, 0.2) is 11.2 Å². The van der Waals surface area contributed by atoms with Gasteiger partial charge >= 0.3 is 0 Å². The fraction of sp³-hybridized carbons (Fsp3) is 0.500. The van der Waals surface area contributed by atoms with Crippen LogP contribution in [0.3, 0.4) is 0 Å². The highest BCUT2D eigenvalue weighted by Crippen LogP contribution is 2.32. The lowest BCUT2D eigenvalue weighted by Gasteiger charge is -2.11. The largest absolute Gasteiger partial charge is 0.394 e. The van der Waals surface area contributed by atoms with Crippen molar-refractivity contribution in [1.82, 2.24) is 19.9 Å². The fourth-order valence-corrected chi connectivity index (χ4v) is 2.20. The molecule has 2 aromatic rings. The molecular weight excluding hydrogens is 270 g/mol. The molecule has 1 fully saturated rings. The number of aromatic amines is 2. The molecule has 2 aromatic heterocycles. The Morgan fingerprint density at radius 2 is 2.00 bits per heavy atom. The Morgan fingerprint density at radius 3 is 2.65 bits per heavy atom. The Balaban J connectivity index is 2.03. The number of fused-ring (bicyclic) bond motifs is 1. The normalized spacial score (nSPS) is 30.1. The zero-order chi connectivity index (χ0) is 14.4. The molecule has 3 heterocycles. The van der Waals surface area contributed by atoms with Crippen molar-refractivity contribution in [3.8, 4) is 0 Å². The molecule has 7 N–H and O–H groups in total. The number of aliphatic hydroxyl groups is 3. The first-order valence-electron chi connectivity index (χ1n) is 5.89. The summed E-state index contributed by atoms with van der Waals surface area (Å²) in [5.74, 6) is 0.0489. The molecule has 0 aromatic carbocycles. The van der Waals surface area contributed by atoms with E-state index in [-0.39, 0.29) is 22.9 Å². The quantitative estimate of drug-likeness (QED) is 0.348. The summed E-state index contributed by atoms with van der Waals surface area (Å²) in [6.07, 6.45) is -4.42. The molecule has 0 aliphatic carbocycles. The number of nitrogens with zero attached hydrogens (tertiary/aromatic N) is 2. The molecule has 0 spiro atoms. The number of aliphatic hydroxyl groups excluding tert-OH is 3. The lowest BCUT2D eigenvalue weighted by Crippen LogP contribution is -2.32. The second-order valence-electron chi connectivity index (χ2n) is 4.53. The van der Waals surface area contributed by atoms with Crippen molar-refractivity contribution >= 4 is 17.1 Å². The number of hydrogen-bond acceptors (Lipinski definition) is 8. The van der Waals surface area contributed by atoms with Crippen LogP contribution in [0.2, 0.25) is 0 Å². The number of hydrogen-bond donors (Lipinski definition) is 6. The van der Waals surface area contributed by atoms with Crippen LogP contribution in [0.25, 0.3) is 11.2 Å². The lowest BCUT2D eigenvalue weighted by atomic mass is 10.1. The van der Waals surface area contributed by atoms with Gasteiger partial charge in [-0.15, -0.1) is 0 Å². The predicted octanol–water partition coefficient (Wildman–Crippen LogP) is -2.62. The van der Waals surface area contributed by atoms with Crippen molar-refractivity contribution in [3.05, 3.63) is 16.2 Å². The van der Waals surface area contributed by atoms with E-state index in [0.29, 0.717) is 0 Å². The van der Waals surface area contributed by atoms with Gasteiger partial charge in [-0.05, 0) is 0 Å². The van der Waals surface area contributed by atoms with Crippen molar-refractivity contribution in [2.24, 2.45) is 0 Å². The van der Waals surface area contributed by atoms with Crippen LogP contribution >= 0.6 is 0 Å². The monoisotopic (exact) mass is 283 g/mol. The van der Waals surface area contributed by atoms with Crippen molar-refractivity contribution in [2.45, 2.75) is 24.4 Å². The molecular formula is C10H13N5O5. The minimum absolute atomic E-state index is 0.0818. The molecule has 0 radical (unpaired) electrons.